The lowest BCUT2D eigenvalue weighted by atomic mass is 10.1. The zero-order valence-corrected chi connectivity index (χ0v) is 15.3. The van der Waals surface area contributed by atoms with Crippen molar-refractivity contribution in [2.24, 2.45) is 4.99 Å². The fraction of sp³-hybridized carbons (Fsp3) is 0.421. The van der Waals surface area contributed by atoms with E-state index >= 15 is 0 Å². The number of rotatable bonds is 3. The number of anilines is 1. The van der Waals surface area contributed by atoms with Crippen LogP contribution in [0.3, 0.4) is 0 Å². The number of nitrogens with zero attached hydrogens (tertiary/aromatic N) is 5. The SMILES string of the molecule is C=CCN1C(=O)C2C(N=C3N(c4cc(C)cc(C)c4)CCN32)N(C)C1=O. The third-order valence-corrected chi connectivity index (χ3v) is 5.21. The van der Waals surface area contributed by atoms with E-state index in [0.717, 1.165) is 18.2 Å². The number of fused-ring (bicyclic) bond motifs is 3. The van der Waals surface area contributed by atoms with Gasteiger partial charge in [0.25, 0.3) is 5.91 Å². The highest BCUT2D eigenvalue weighted by atomic mass is 16.2. The maximum atomic E-state index is 12.9. The third-order valence-electron chi connectivity index (χ3n) is 5.21. The van der Waals surface area contributed by atoms with E-state index in [-0.39, 0.29) is 18.5 Å². The molecular formula is C19H23N5O2. The second-order valence-electron chi connectivity index (χ2n) is 7.11. The normalized spacial score (nSPS) is 24.8. The molecule has 2 saturated heterocycles. The number of guanidine groups is 1. The Hall–Kier alpha value is -2.83. The number of hydrogen-bond acceptors (Lipinski definition) is 5. The van der Waals surface area contributed by atoms with Crippen LogP contribution in [0.4, 0.5) is 10.5 Å². The monoisotopic (exact) mass is 353 g/mol. The highest BCUT2D eigenvalue weighted by molar-refractivity contribution is 6.08. The van der Waals surface area contributed by atoms with Crippen molar-refractivity contribution < 1.29 is 9.59 Å². The molecule has 7 heteroatoms. The second kappa shape index (κ2) is 5.86. The summed E-state index contributed by atoms with van der Waals surface area (Å²) in [6.07, 6.45) is 1.10. The van der Waals surface area contributed by atoms with Gasteiger partial charge in [0.2, 0.25) is 5.96 Å². The van der Waals surface area contributed by atoms with E-state index in [1.807, 2.05) is 4.90 Å². The van der Waals surface area contributed by atoms with Crippen LogP contribution in [-0.2, 0) is 4.79 Å². The van der Waals surface area contributed by atoms with Crippen LogP contribution in [0, 0.1) is 13.8 Å². The molecule has 3 aliphatic rings. The molecule has 0 bridgehead atoms. The molecule has 4 rings (SSSR count). The van der Waals surface area contributed by atoms with E-state index in [1.165, 1.54) is 16.0 Å². The molecule has 0 N–H and O–H groups in total. The number of urea groups is 1. The van der Waals surface area contributed by atoms with Gasteiger partial charge < -0.3 is 14.7 Å². The Kier molecular flexibility index (Phi) is 3.75. The van der Waals surface area contributed by atoms with Crippen LogP contribution in [-0.4, -0.2) is 71.5 Å². The van der Waals surface area contributed by atoms with Crippen molar-refractivity contribution in [3.8, 4) is 0 Å². The van der Waals surface area contributed by atoms with Gasteiger partial charge in [-0.1, -0.05) is 12.1 Å². The average Bonchev–Trinajstić information content (AvgIpc) is 3.15. The maximum absolute atomic E-state index is 12.9. The molecule has 3 heterocycles. The zero-order chi connectivity index (χ0) is 18.6. The standard InChI is InChI=1S/C19H23N5O2/c1-5-6-24-17(25)15-16(21(4)19(24)26)20-18-22(7-8-23(15)18)14-10-12(2)9-13(3)11-14/h5,9-11,15-16H,1,6-8H2,2-4H3. The van der Waals surface area contributed by atoms with E-state index in [2.05, 4.69) is 43.5 Å². The van der Waals surface area contributed by atoms with Crippen molar-refractivity contribution in [2.75, 3.05) is 31.6 Å². The Morgan fingerprint density at radius 2 is 1.88 bits per heavy atom. The van der Waals surface area contributed by atoms with Gasteiger partial charge in [0.1, 0.15) is 0 Å². The molecule has 2 fully saturated rings. The van der Waals surface area contributed by atoms with Crippen LogP contribution in [0.25, 0.3) is 0 Å². The summed E-state index contributed by atoms with van der Waals surface area (Å²) in [5.74, 6) is 0.581. The van der Waals surface area contributed by atoms with Crippen LogP contribution in [0.2, 0.25) is 0 Å². The van der Waals surface area contributed by atoms with Crippen molar-refractivity contribution in [2.45, 2.75) is 26.1 Å². The summed E-state index contributed by atoms with van der Waals surface area (Å²) in [6.45, 7) is 9.50. The molecule has 2 unspecified atom stereocenters. The molecule has 0 saturated carbocycles. The third kappa shape index (κ3) is 2.30. The van der Waals surface area contributed by atoms with Crippen molar-refractivity contribution in [3.05, 3.63) is 42.0 Å². The van der Waals surface area contributed by atoms with Gasteiger partial charge in [-0.05, 0) is 37.1 Å². The Balaban J connectivity index is 1.70. The first-order valence-electron chi connectivity index (χ1n) is 8.81. The summed E-state index contributed by atoms with van der Waals surface area (Å²) < 4.78 is 0. The number of aliphatic imine (C=N–C) groups is 1. The predicted molar refractivity (Wildman–Crippen MR) is 100 cm³/mol. The molecule has 0 aromatic heterocycles. The van der Waals surface area contributed by atoms with Gasteiger partial charge in [-0.2, -0.15) is 0 Å². The Morgan fingerprint density at radius 3 is 2.54 bits per heavy atom. The highest BCUT2D eigenvalue weighted by Gasteiger charge is 2.54. The molecule has 7 nitrogen and oxygen atoms in total. The molecule has 136 valence electrons. The fourth-order valence-corrected chi connectivity index (χ4v) is 4.08. The summed E-state index contributed by atoms with van der Waals surface area (Å²) in [7, 11) is 1.70. The first-order valence-corrected chi connectivity index (χ1v) is 8.81. The predicted octanol–water partition coefficient (Wildman–Crippen LogP) is 1.57. The average molecular weight is 353 g/mol. The van der Waals surface area contributed by atoms with Crippen molar-refractivity contribution in [3.63, 3.8) is 0 Å². The number of hydrogen-bond donors (Lipinski definition) is 0. The molecule has 0 radical (unpaired) electrons. The summed E-state index contributed by atoms with van der Waals surface area (Å²) in [4.78, 5) is 37.2. The first-order chi connectivity index (χ1) is 12.4. The van der Waals surface area contributed by atoms with Gasteiger partial charge >= 0.3 is 6.03 Å². The van der Waals surface area contributed by atoms with Gasteiger partial charge in [0, 0.05) is 32.4 Å². The van der Waals surface area contributed by atoms with Crippen LogP contribution in [0.5, 0.6) is 0 Å². The Labute approximate surface area is 153 Å². The number of benzene rings is 1. The summed E-state index contributed by atoms with van der Waals surface area (Å²) in [5.41, 5.74) is 3.46. The minimum Gasteiger partial charge on any atom is -0.325 e. The van der Waals surface area contributed by atoms with Gasteiger partial charge in [-0.3, -0.25) is 9.69 Å². The molecule has 2 atom stereocenters. The van der Waals surface area contributed by atoms with E-state index in [1.54, 1.807) is 18.0 Å². The van der Waals surface area contributed by atoms with E-state index in [0.29, 0.717) is 6.54 Å². The number of likely N-dealkylation sites (N-methyl/N-ethyl adjacent to an activating group) is 1. The number of carbonyl (C=O) groups is 2. The van der Waals surface area contributed by atoms with Crippen molar-refractivity contribution >= 4 is 23.6 Å². The fourth-order valence-electron chi connectivity index (χ4n) is 4.08. The van der Waals surface area contributed by atoms with Crippen LogP contribution < -0.4 is 4.90 Å². The van der Waals surface area contributed by atoms with Gasteiger partial charge in [-0.25, -0.2) is 9.79 Å². The van der Waals surface area contributed by atoms with Gasteiger partial charge in [0.15, 0.2) is 12.2 Å². The van der Waals surface area contributed by atoms with E-state index in [9.17, 15) is 9.59 Å². The molecule has 3 amide bonds. The molecule has 0 aliphatic carbocycles. The maximum Gasteiger partial charge on any atom is 0.328 e. The minimum absolute atomic E-state index is 0.195. The molecular weight excluding hydrogens is 330 g/mol. The lowest BCUT2D eigenvalue weighted by Crippen LogP contribution is -2.64. The molecule has 3 aliphatic heterocycles. The van der Waals surface area contributed by atoms with Crippen molar-refractivity contribution in [1.82, 2.24) is 14.7 Å². The zero-order valence-electron chi connectivity index (χ0n) is 15.3. The van der Waals surface area contributed by atoms with Gasteiger partial charge in [0.05, 0.1) is 0 Å². The number of amides is 3. The minimum atomic E-state index is -0.472. The smallest absolute Gasteiger partial charge is 0.325 e. The highest BCUT2D eigenvalue weighted by Crippen LogP contribution is 2.33. The lowest BCUT2D eigenvalue weighted by molar-refractivity contribution is -0.136. The van der Waals surface area contributed by atoms with E-state index in [4.69, 9.17) is 4.99 Å². The number of imide groups is 1. The number of aryl methyl sites for hydroxylation is 2. The summed E-state index contributed by atoms with van der Waals surface area (Å²) in [5, 5.41) is 0. The quantitative estimate of drug-likeness (QED) is 0.774. The summed E-state index contributed by atoms with van der Waals surface area (Å²) >= 11 is 0. The van der Waals surface area contributed by atoms with Gasteiger partial charge in [-0.15, -0.1) is 6.58 Å². The molecule has 1 aromatic carbocycles. The molecule has 1 aromatic rings. The van der Waals surface area contributed by atoms with Crippen LogP contribution >= 0.6 is 0 Å². The second-order valence-corrected chi connectivity index (χ2v) is 7.11. The first kappa shape index (κ1) is 16.6. The Morgan fingerprint density at radius 1 is 1.19 bits per heavy atom. The molecule has 26 heavy (non-hydrogen) atoms. The topological polar surface area (TPSA) is 59.5 Å². The number of carbonyl (C=O) groups excluding carboxylic acids is 2. The largest absolute Gasteiger partial charge is 0.328 e. The lowest BCUT2D eigenvalue weighted by Gasteiger charge is -2.40. The van der Waals surface area contributed by atoms with E-state index < -0.39 is 12.2 Å². The molecule has 0 spiro atoms. The van der Waals surface area contributed by atoms with Crippen LogP contribution in [0.1, 0.15) is 11.1 Å². The van der Waals surface area contributed by atoms with Crippen molar-refractivity contribution in [1.29, 1.82) is 0 Å². The summed E-state index contributed by atoms with van der Waals surface area (Å²) in [6, 6.07) is 5.61. The Bertz CT molecular complexity index is 813. The van der Waals surface area contributed by atoms with Crippen LogP contribution in [0.15, 0.2) is 35.8 Å².